The molecule has 39 heavy (non-hydrogen) atoms. The van der Waals surface area contributed by atoms with Crippen LogP contribution in [0.4, 0.5) is 0 Å². The number of fused-ring (bicyclic) bond motifs is 5. The van der Waals surface area contributed by atoms with Crippen LogP contribution in [0.2, 0.25) is 0 Å². The van der Waals surface area contributed by atoms with E-state index in [0.29, 0.717) is 11.8 Å². The lowest BCUT2D eigenvalue weighted by Crippen LogP contribution is -2.32. The van der Waals surface area contributed by atoms with Crippen LogP contribution in [0, 0.1) is 18.3 Å². The van der Waals surface area contributed by atoms with Crippen LogP contribution in [-0.4, -0.2) is 0 Å². The molecular weight excluding hydrogens is 474 g/mol. The van der Waals surface area contributed by atoms with Crippen LogP contribution < -0.4 is 9.30 Å². The number of aryl methyl sites for hydroxylation is 2. The Morgan fingerprint density at radius 2 is 1.62 bits per heavy atom. The minimum Gasteiger partial charge on any atom is -0.455 e. The molecular formula is C37H42NO+. The molecule has 0 aliphatic carbocycles. The highest BCUT2D eigenvalue weighted by Crippen LogP contribution is 2.53. The third kappa shape index (κ3) is 4.29. The number of aromatic nitrogens is 1. The molecule has 5 aromatic rings. The van der Waals surface area contributed by atoms with Gasteiger partial charge in [-0.1, -0.05) is 84.9 Å². The quantitative estimate of drug-likeness (QED) is 0.168. The Labute approximate surface area is 233 Å². The molecule has 0 N–H and O–H groups in total. The minimum atomic E-state index is 0.126. The lowest BCUT2D eigenvalue weighted by molar-refractivity contribution is -0.659. The fraction of sp³-hybridized carbons (Fsp3) is 0.378. The van der Waals surface area contributed by atoms with Crippen molar-refractivity contribution in [2.24, 2.45) is 18.4 Å². The molecule has 2 heterocycles. The number of benzene rings is 4. The van der Waals surface area contributed by atoms with E-state index in [0.717, 1.165) is 24.3 Å². The van der Waals surface area contributed by atoms with E-state index in [1.165, 1.54) is 65.8 Å². The molecule has 1 aliphatic heterocycles. The number of hydrogen-bond acceptors (Lipinski definition) is 1. The van der Waals surface area contributed by atoms with Crippen molar-refractivity contribution in [1.82, 2.24) is 0 Å². The fourth-order valence-corrected chi connectivity index (χ4v) is 6.56. The topological polar surface area (TPSA) is 13.1 Å². The van der Waals surface area contributed by atoms with Crippen molar-refractivity contribution >= 4 is 32.3 Å². The molecule has 6 rings (SSSR count). The largest absolute Gasteiger partial charge is 0.455 e. The Morgan fingerprint density at radius 1 is 0.846 bits per heavy atom. The van der Waals surface area contributed by atoms with Gasteiger partial charge in [-0.15, -0.1) is 0 Å². The summed E-state index contributed by atoms with van der Waals surface area (Å²) in [6.07, 6.45) is 4.28. The summed E-state index contributed by atoms with van der Waals surface area (Å²) < 4.78 is 9.35. The average molecular weight is 517 g/mol. The Hall–Kier alpha value is -3.39. The van der Waals surface area contributed by atoms with Gasteiger partial charge in [0.15, 0.2) is 6.20 Å². The highest BCUT2D eigenvalue weighted by atomic mass is 16.5. The van der Waals surface area contributed by atoms with E-state index in [2.05, 4.69) is 122 Å². The van der Waals surface area contributed by atoms with Gasteiger partial charge in [0, 0.05) is 17.0 Å². The molecule has 200 valence electrons. The predicted molar refractivity (Wildman–Crippen MR) is 166 cm³/mol. The second kappa shape index (κ2) is 9.08. The number of hydrogen-bond donors (Lipinski definition) is 0. The van der Waals surface area contributed by atoms with Crippen LogP contribution >= 0.6 is 0 Å². The molecule has 2 nitrogen and oxygen atoms in total. The van der Waals surface area contributed by atoms with Crippen LogP contribution in [0.5, 0.6) is 11.5 Å². The molecule has 0 atom stereocenters. The highest BCUT2D eigenvalue weighted by Gasteiger charge is 2.34. The van der Waals surface area contributed by atoms with Crippen molar-refractivity contribution in [3.05, 3.63) is 77.0 Å². The molecule has 0 fully saturated rings. The summed E-state index contributed by atoms with van der Waals surface area (Å²) in [5.74, 6) is 3.13. The second-order valence-corrected chi connectivity index (χ2v) is 13.7. The predicted octanol–water partition coefficient (Wildman–Crippen LogP) is 9.96. The maximum atomic E-state index is 7.04. The number of ether oxygens (including phenoxy) is 1. The molecule has 1 aliphatic rings. The van der Waals surface area contributed by atoms with Gasteiger partial charge in [-0.2, -0.15) is 0 Å². The van der Waals surface area contributed by atoms with E-state index in [4.69, 9.17) is 4.74 Å². The average Bonchev–Trinajstić information content (AvgIpc) is 2.86. The Kier molecular flexibility index (Phi) is 6.02. The maximum absolute atomic E-state index is 7.04. The SMILES string of the molecule is Cc1c2c(c(CC(C)(C)C)c3ccc(CC(C)C)cc13)Oc1cc3ccc(C(C)C)cc3c3cc[n+](C)c-2c13. The lowest BCUT2D eigenvalue weighted by Gasteiger charge is -2.28. The van der Waals surface area contributed by atoms with Crippen molar-refractivity contribution < 1.29 is 9.30 Å². The first-order valence-corrected chi connectivity index (χ1v) is 14.6. The fourth-order valence-electron chi connectivity index (χ4n) is 6.56. The number of nitrogens with zero attached hydrogens (tertiary/aromatic N) is 1. The Morgan fingerprint density at radius 3 is 2.31 bits per heavy atom. The first-order chi connectivity index (χ1) is 18.4. The van der Waals surface area contributed by atoms with E-state index < -0.39 is 0 Å². The van der Waals surface area contributed by atoms with E-state index in [-0.39, 0.29) is 5.41 Å². The second-order valence-electron chi connectivity index (χ2n) is 13.7. The van der Waals surface area contributed by atoms with Gasteiger partial charge in [-0.25, -0.2) is 4.57 Å². The van der Waals surface area contributed by atoms with Crippen molar-refractivity contribution in [2.45, 2.75) is 74.1 Å². The van der Waals surface area contributed by atoms with Crippen LogP contribution in [0.3, 0.4) is 0 Å². The van der Waals surface area contributed by atoms with E-state index in [9.17, 15) is 0 Å². The molecule has 0 bridgehead atoms. The van der Waals surface area contributed by atoms with Crippen molar-refractivity contribution in [2.75, 3.05) is 0 Å². The van der Waals surface area contributed by atoms with Crippen LogP contribution in [0.1, 0.15) is 76.6 Å². The molecule has 0 spiro atoms. The summed E-state index contributed by atoms with van der Waals surface area (Å²) in [5.41, 5.74) is 8.07. The minimum absolute atomic E-state index is 0.126. The standard InChI is InChI=1S/C37H42NO/c1-21(2)16-24-10-13-27-29(17-24)23(5)33-35-34-28(14-15-38(35)9)30-18-25(22(3)4)11-12-26(30)19-32(34)39-36(33)31(27)20-37(6,7)8/h10-15,17-19,21-22H,16,20H2,1-9H3/q+1. The van der Waals surface area contributed by atoms with Crippen molar-refractivity contribution in [3.63, 3.8) is 0 Å². The Bertz CT molecular complexity index is 1780. The van der Waals surface area contributed by atoms with Gasteiger partial charge in [0.05, 0.1) is 10.9 Å². The molecule has 1 aromatic heterocycles. The highest BCUT2D eigenvalue weighted by molar-refractivity contribution is 6.16. The zero-order valence-corrected chi connectivity index (χ0v) is 25.1. The van der Waals surface area contributed by atoms with E-state index in [1.807, 2.05) is 0 Å². The maximum Gasteiger partial charge on any atom is 0.228 e. The van der Waals surface area contributed by atoms with Crippen molar-refractivity contribution in [1.29, 1.82) is 0 Å². The zero-order chi connectivity index (χ0) is 27.8. The normalized spacial score (nSPS) is 13.1. The first-order valence-electron chi connectivity index (χ1n) is 14.6. The van der Waals surface area contributed by atoms with E-state index >= 15 is 0 Å². The summed E-state index contributed by atoms with van der Waals surface area (Å²) in [6, 6.07) is 18.6. The molecule has 0 saturated heterocycles. The number of pyridine rings is 1. The smallest absolute Gasteiger partial charge is 0.228 e. The summed E-state index contributed by atoms with van der Waals surface area (Å²) in [5, 5.41) is 7.73. The van der Waals surface area contributed by atoms with Gasteiger partial charge in [-0.3, -0.25) is 0 Å². The monoisotopic (exact) mass is 516 g/mol. The lowest BCUT2D eigenvalue weighted by atomic mass is 9.81. The third-order valence-electron chi connectivity index (χ3n) is 8.38. The van der Waals surface area contributed by atoms with Gasteiger partial charge in [0.1, 0.15) is 18.5 Å². The first kappa shape index (κ1) is 25.9. The molecule has 2 heteroatoms. The van der Waals surface area contributed by atoms with Gasteiger partial charge in [0.25, 0.3) is 0 Å². The van der Waals surface area contributed by atoms with Gasteiger partial charge in [0.2, 0.25) is 5.69 Å². The van der Waals surface area contributed by atoms with Gasteiger partial charge >= 0.3 is 0 Å². The molecule has 0 amide bonds. The van der Waals surface area contributed by atoms with Crippen LogP contribution in [0.25, 0.3) is 43.6 Å². The van der Waals surface area contributed by atoms with E-state index in [1.54, 1.807) is 0 Å². The zero-order valence-electron chi connectivity index (χ0n) is 25.1. The third-order valence-corrected chi connectivity index (χ3v) is 8.38. The summed E-state index contributed by atoms with van der Waals surface area (Å²) in [6.45, 7) is 18.4. The van der Waals surface area contributed by atoms with Crippen LogP contribution in [-0.2, 0) is 19.9 Å². The van der Waals surface area contributed by atoms with Crippen molar-refractivity contribution in [3.8, 4) is 22.8 Å². The molecule has 4 aromatic carbocycles. The molecule has 0 radical (unpaired) electrons. The molecule has 0 unspecified atom stereocenters. The Balaban J connectivity index is 1.74. The van der Waals surface area contributed by atoms with Gasteiger partial charge in [-0.05, 0) is 81.3 Å². The summed E-state index contributed by atoms with van der Waals surface area (Å²) in [4.78, 5) is 0. The summed E-state index contributed by atoms with van der Waals surface area (Å²) >= 11 is 0. The van der Waals surface area contributed by atoms with Crippen LogP contribution in [0.15, 0.2) is 54.7 Å². The molecule has 0 saturated carbocycles. The van der Waals surface area contributed by atoms with Gasteiger partial charge < -0.3 is 4.74 Å². The number of rotatable bonds is 4. The summed E-state index contributed by atoms with van der Waals surface area (Å²) in [7, 11) is 2.19.